The van der Waals surface area contributed by atoms with Crippen LogP contribution in [0.5, 0.6) is 0 Å². The highest BCUT2D eigenvalue weighted by molar-refractivity contribution is 5.93. The fourth-order valence-corrected chi connectivity index (χ4v) is 4.72. The fraction of sp³-hybridized carbons (Fsp3) is 0.500. The summed E-state index contributed by atoms with van der Waals surface area (Å²) in [6, 6.07) is 16.1. The summed E-state index contributed by atoms with van der Waals surface area (Å²) in [7, 11) is 0. The van der Waals surface area contributed by atoms with Crippen LogP contribution in [-0.4, -0.2) is 59.0 Å². The van der Waals surface area contributed by atoms with E-state index in [-0.39, 0.29) is 18.9 Å². The van der Waals surface area contributed by atoms with Crippen molar-refractivity contribution in [3.63, 3.8) is 0 Å². The highest BCUT2D eigenvalue weighted by Crippen LogP contribution is 2.20. The predicted molar refractivity (Wildman–Crippen MR) is 156 cm³/mol. The Bertz CT molecular complexity index is 1160. The summed E-state index contributed by atoms with van der Waals surface area (Å²) in [5.41, 5.74) is 0.980. The molecule has 1 fully saturated rings. The maximum absolute atomic E-state index is 13.6. The number of esters is 1. The zero-order chi connectivity index (χ0) is 30.0. The molecule has 1 saturated heterocycles. The van der Waals surface area contributed by atoms with Gasteiger partial charge in [-0.05, 0) is 57.1 Å². The molecular weight excluding hydrogens is 522 g/mol. The highest BCUT2D eigenvalue weighted by Gasteiger charge is 2.37. The van der Waals surface area contributed by atoms with E-state index in [4.69, 9.17) is 9.47 Å². The molecule has 2 aromatic carbocycles. The van der Waals surface area contributed by atoms with Gasteiger partial charge in [0.15, 0.2) is 0 Å². The van der Waals surface area contributed by atoms with Gasteiger partial charge in [0.25, 0.3) is 0 Å². The molecule has 0 aliphatic carbocycles. The van der Waals surface area contributed by atoms with Crippen LogP contribution in [0.2, 0.25) is 0 Å². The first-order chi connectivity index (χ1) is 19.4. The van der Waals surface area contributed by atoms with Gasteiger partial charge in [-0.3, -0.25) is 14.5 Å². The number of hydrogen-bond acceptors (Lipinski definition) is 6. The minimum atomic E-state index is -0.968. The molecule has 0 bridgehead atoms. The number of nitrogens with one attached hydrogen (secondary N) is 2. The van der Waals surface area contributed by atoms with E-state index in [1.807, 2.05) is 74.5 Å². The van der Waals surface area contributed by atoms with E-state index in [0.29, 0.717) is 25.8 Å². The van der Waals surface area contributed by atoms with Crippen molar-refractivity contribution >= 4 is 23.9 Å². The smallest absolute Gasteiger partial charge is 0.410 e. The van der Waals surface area contributed by atoms with Gasteiger partial charge in [-0.2, -0.15) is 0 Å². The molecule has 3 amide bonds. The summed E-state index contributed by atoms with van der Waals surface area (Å²) < 4.78 is 11.0. The topological polar surface area (TPSA) is 114 Å². The van der Waals surface area contributed by atoms with Crippen molar-refractivity contribution in [2.24, 2.45) is 5.92 Å². The lowest BCUT2D eigenvalue weighted by Crippen LogP contribution is -2.56. The first kappa shape index (κ1) is 31.6. The van der Waals surface area contributed by atoms with Gasteiger partial charge in [-0.25, -0.2) is 9.59 Å². The maximum Gasteiger partial charge on any atom is 0.410 e. The van der Waals surface area contributed by atoms with E-state index in [2.05, 4.69) is 10.6 Å². The number of likely N-dealkylation sites (tertiary alicyclic amines) is 1. The lowest BCUT2D eigenvalue weighted by Gasteiger charge is -2.28. The van der Waals surface area contributed by atoms with E-state index in [9.17, 15) is 19.2 Å². The lowest BCUT2D eigenvalue weighted by atomic mass is 10.0. The largest absolute Gasteiger partial charge is 0.458 e. The fourth-order valence-electron chi connectivity index (χ4n) is 4.72. The molecule has 0 radical (unpaired) electrons. The summed E-state index contributed by atoms with van der Waals surface area (Å²) >= 11 is 0. The van der Waals surface area contributed by atoms with Crippen LogP contribution < -0.4 is 10.6 Å². The Morgan fingerprint density at radius 1 is 0.902 bits per heavy atom. The number of carbonyl (C=O) groups is 4. The first-order valence-electron chi connectivity index (χ1n) is 14.3. The molecule has 3 atom stereocenters. The molecule has 3 unspecified atom stereocenters. The van der Waals surface area contributed by atoms with Crippen molar-refractivity contribution in [1.29, 1.82) is 0 Å². The molecule has 1 heterocycles. The van der Waals surface area contributed by atoms with E-state index < -0.39 is 47.6 Å². The molecule has 3 rings (SSSR count). The summed E-state index contributed by atoms with van der Waals surface area (Å²) in [4.78, 5) is 54.3. The SMILES string of the molecule is CC(C)CC(NC(=O)C(Cc1ccccc1)NC(=O)C1CCCN1C(=O)OCc1ccccc1)C(=O)OC(C)(C)C. The number of nitrogens with zero attached hydrogens (tertiary/aromatic N) is 1. The Hall–Kier alpha value is -3.88. The molecule has 9 nitrogen and oxygen atoms in total. The molecule has 2 aromatic rings. The molecule has 41 heavy (non-hydrogen) atoms. The zero-order valence-corrected chi connectivity index (χ0v) is 24.7. The molecule has 1 aliphatic rings. The molecule has 0 saturated carbocycles. The van der Waals surface area contributed by atoms with Gasteiger partial charge in [-0.1, -0.05) is 74.5 Å². The number of carbonyl (C=O) groups excluding carboxylic acids is 4. The zero-order valence-electron chi connectivity index (χ0n) is 24.7. The monoisotopic (exact) mass is 565 g/mol. The van der Waals surface area contributed by atoms with E-state index in [1.54, 1.807) is 20.8 Å². The van der Waals surface area contributed by atoms with Crippen LogP contribution >= 0.6 is 0 Å². The van der Waals surface area contributed by atoms with E-state index in [0.717, 1.165) is 11.1 Å². The van der Waals surface area contributed by atoms with Crippen LogP contribution in [0.4, 0.5) is 4.79 Å². The number of benzene rings is 2. The third-order valence-electron chi connectivity index (χ3n) is 6.63. The van der Waals surface area contributed by atoms with Crippen LogP contribution in [-0.2, 0) is 36.9 Å². The summed E-state index contributed by atoms with van der Waals surface area (Å²) in [6.07, 6.45) is 1.13. The molecule has 2 N–H and O–H groups in total. The Balaban J connectivity index is 1.73. The summed E-state index contributed by atoms with van der Waals surface area (Å²) in [6.45, 7) is 9.72. The van der Waals surface area contributed by atoms with Crippen molar-refractivity contribution in [3.05, 3.63) is 71.8 Å². The van der Waals surface area contributed by atoms with Gasteiger partial charge in [0.2, 0.25) is 11.8 Å². The summed E-state index contributed by atoms with van der Waals surface area (Å²) in [5.74, 6) is -1.33. The van der Waals surface area contributed by atoms with Crippen LogP contribution in [0, 0.1) is 5.92 Å². The van der Waals surface area contributed by atoms with Crippen molar-refractivity contribution in [2.75, 3.05) is 6.54 Å². The second kappa shape index (κ2) is 14.7. The third kappa shape index (κ3) is 10.2. The molecule has 0 aromatic heterocycles. The average molecular weight is 566 g/mol. The first-order valence-corrected chi connectivity index (χ1v) is 14.3. The second-order valence-corrected chi connectivity index (χ2v) is 11.9. The van der Waals surface area contributed by atoms with Gasteiger partial charge in [0, 0.05) is 13.0 Å². The van der Waals surface area contributed by atoms with Gasteiger partial charge in [-0.15, -0.1) is 0 Å². The van der Waals surface area contributed by atoms with Crippen LogP contribution in [0.15, 0.2) is 60.7 Å². The minimum Gasteiger partial charge on any atom is -0.458 e. The van der Waals surface area contributed by atoms with Crippen LogP contribution in [0.1, 0.15) is 65.0 Å². The standard InChI is InChI=1S/C32H43N3O6/c1-22(2)19-26(30(38)41-32(3,4)5)34-28(36)25(20-23-13-8-6-9-14-23)33-29(37)27-17-12-18-35(27)31(39)40-21-24-15-10-7-11-16-24/h6-11,13-16,22,25-27H,12,17-21H2,1-5H3,(H,33,37)(H,34,36). The van der Waals surface area contributed by atoms with Gasteiger partial charge in [0.1, 0.15) is 30.3 Å². The third-order valence-corrected chi connectivity index (χ3v) is 6.63. The Morgan fingerprint density at radius 2 is 1.51 bits per heavy atom. The molecule has 222 valence electrons. The average Bonchev–Trinajstić information content (AvgIpc) is 3.41. The van der Waals surface area contributed by atoms with E-state index >= 15 is 0 Å². The molecule has 9 heteroatoms. The molecule has 0 spiro atoms. The number of rotatable bonds is 11. The van der Waals surface area contributed by atoms with Crippen molar-refractivity contribution in [1.82, 2.24) is 15.5 Å². The van der Waals surface area contributed by atoms with Crippen molar-refractivity contribution in [3.8, 4) is 0 Å². The predicted octanol–water partition coefficient (Wildman–Crippen LogP) is 4.39. The highest BCUT2D eigenvalue weighted by atomic mass is 16.6. The second-order valence-electron chi connectivity index (χ2n) is 11.9. The lowest BCUT2D eigenvalue weighted by molar-refractivity contribution is -0.159. The Morgan fingerprint density at radius 3 is 2.10 bits per heavy atom. The summed E-state index contributed by atoms with van der Waals surface area (Å²) in [5, 5.41) is 5.69. The minimum absolute atomic E-state index is 0.103. The van der Waals surface area contributed by atoms with Gasteiger partial charge >= 0.3 is 12.1 Å². The Kier molecular flexibility index (Phi) is 11.3. The molecule has 1 aliphatic heterocycles. The maximum atomic E-state index is 13.6. The van der Waals surface area contributed by atoms with Crippen LogP contribution in [0.25, 0.3) is 0 Å². The number of hydrogen-bond donors (Lipinski definition) is 2. The molecular formula is C32H43N3O6. The van der Waals surface area contributed by atoms with E-state index in [1.165, 1.54) is 4.90 Å². The van der Waals surface area contributed by atoms with Gasteiger partial charge < -0.3 is 20.1 Å². The number of ether oxygens (including phenoxy) is 2. The Labute approximate surface area is 243 Å². The van der Waals surface area contributed by atoms with Gasteiger partial charge in [0.05, 0.1) is 0 Å². The normalized spacial score (nSPS) is 16.5. The van der Waals surface area contributed by atoms with Crippen molar-refractivity contribution in [2.45, 2.75) is 90.6 Å². The van der Waals surface area contributed by atoms with Crippen LogP contribution in [0.3, 0.4) is 0 Å². The van der Waals surface area contributed by atoms with Crippen molar-refractivity contribution < 1.29 is 28.7 Å². The quantitative estimate of drug-likeness (QED) is 0.391. The number of amides is 3.